The second-order valence-electron chi connectivity index (χ2n) is 3.50. The third kappa shape index (κ3) is 2.62. The molecular formula is C12H15NOS2. The Morgan fingerprint density at radius 1 is 1.44 bits per heavy atom. The Bertz CT molecular complexity index is 392. The smallest absolute Gasteiger partial charge is 0.0873 e. The van der Waals surface area contributed by atoms with Gasteiger partial charge in [-0.05, 0) is 18.6 Å². The van der Waals surface area contributed by atoms with E-state index in [1.807, 2.05) is 23.9 Å². The third-order valence-electron chi connectivity index (χ3n) is 2.35. The number of aliphatic imine (C=N–C) groups is 1. The molecule has 16 heavy (non-hydrogen) atoms. The Hall–Kier alpha value is -0.450. The zero-order valence-corrected chi connectivity index (χ0v) is 10.9. The first kappa shape index (κ1) is 12.0. The molecule has 0 saturated carbocycles. The van der Waals surface area contributed by atoms with Gasteiger partial charge in [0.2, 0.25) is 0 Å². The topological polar surface area (TPSA) is 32.6 Å². The van der Waals surface area contributed by atoms with Crippen molar-refractivity contribution in [3.05, 3.63) is 24.3 Å². The van der Waals surface area contributed by atoms with Crippen molar-refractivity contribution in [2.24, 2.45) is 4.99 Å². The number of rotatable bonds is 3. The van der Waals surface area contributed by atoms with Gasteiger partial charge >= 0.3 is 0 Å². The number of hydrogen-bond acceptors (Lipinski definition) is 4. The van der Waals surface area contributed by atoms with E-state index in [0.717, 1.165) is 22.9 Å². The van der Waals surface area contributed by atoms with Crippen LogP contribution in [-0.4, -0.2) is 27.8 Å². The van der Waals surface area contributed by atoms with E-state index in [4.69, 9.17) is 5.11 Å². The first-order valence-corrected chi connectivity index (χ1v) is 7.29. The quantitative estimate of drug-likeness (QED) is 0.897. The Kier molecular flexibility index (Phi) is 4.32. The molecule has 0 amide bonds. The van der Waals surface area contributed by atoms with Crippen LogP contribution < -0.4 is 0 Å². The summed E-state index contributed by atoms with van der Waals surface area (Å²) < 4.78 is 0. The zero-order chi connectivity index (χ0) is 11.4. The Morgan fingerprint density at radius 2 is 2.25 bits per heavy atom. The maximum Gasteiger partial charge on any atom is 0.0873 e. The molecule has 0 aliphatic carbocycles. The van der Waals surface area contributed by atoms with E-state index < -0.39 is 0 Å². The molecule has 1 aliphatic heterocycles. The molecule has 2 nitrogen and oxygen atoms in total. The fourth-order valence-electron chi connectivity index (χ4n) is 1.58. The highest BCUT2D eigenvalue weighted by atomic mass is 32.2. The maximum absolute atomic E-state index is 8.87. The van der Waals surface area contributed by atoms with Gasteiger partial charge in [0, 0.05) is 10.6 Å². The summed E-state index contributed by atoms with van der Waals surface area (Å²) in [6, 6.07) is 8.25. The van der Waals surface area contributed by atoms with Crippen LogP contribution in [0.15, 0.2) is 34.2 Å². The Balaban J connectivity index is 2.24. The highest BCUT2D eigenvalue weighted by Gasteiger charge is 2.22. The van der Waals surface area contributed by atoms with Crippen molar-refractivity contribution in [1.29, 1.82) is 0 Å². The lowest BCUT2D eigenvalue weighted by atomic mass is 10.3. The number of para-hydroxylation sites is 1. The number of nitrogens with zero attached hydrogens (tertiary/aromatic N) is 1. The van der Waals surface area contributed by atoms with Crippen molar-refractivity contribution >= 4 is 34.3 Å². The van der Waals surface area contributed by atoms with E-state index in [1.54, 1.807) is 11.8 Å². The van der Waals surface area contributed by atoms with Crippen LogP contribution in [0.3, 0.4) is 0 Å². The van der Waals surface area contributed by atoms with Gasteiger partial charge in [-0.1, -0.05) is 19.1 Å². The number of fused-ring (bicyclic) bond motifs is 1. The monoisotopic (exact) mass is 253 g/mol. The van der Waals surface area contributed by atoms with Gasteiger partial charge in [0.25, 0.3) is 0 Å². The molecule has 1 atom stereocenters. The highest BCUT2D eigenvalue weighted by molar-refractivity contribution is 8.16. The van der Waals surface area contributed by atoms with E-state index in [1.165, 1.54) is 4.90 Å². The molecule has 0 fully saturated rings. The molecule has 1 N–H and O–H groups in total. The molecule has 2 rings (SSSR count). The minimum atomic E-state index is 0.215. The lowest BCUT2D eigenvalue weighted by Crippen LogP contribution is -2.16. The predicted octanol–water partition coefficient (Wildman–Crippen LogP) is 3.33. The number of benzene rings is 1. The van der Waals surface area contributed by atoms with Crippen LogP contribution in [-0.2, 0) is 0 Å². The lowest BCUT2D eigenvalue weighted by Gasteiger charge is -2.22. The molecule has 0 aromatic heterocycles. The summed E-state index contributed by atoms with van der Waals surface area (Å²) in [6.07, 6.45) is 1.08. The second kappa shape index (κ2) is 5.75. The number of aliphatic hydroxyl groups excluding tert-OH is 1. The number of hydrogen-bond donors (Lipinski definition) is 1. The predicted molar refractivity (Wildman–Crippen MR) is 73.0 cm³/mol. The average molecular weight is 253 g/mol. The molecule has 4 heteroatoms. The van der Waals surface area contributed by atoms with Crippen LogP contribution in [0, 0.1) is 0 Å². The zero-order valence-electron chi connectivity index (χ0n) is 9.22. The van der Waals surface area contributed by atoms with E-state index in [-0.39, 0.29) is 6.61 Å². The van der Waals surface area contributed by atoms with Crippen molar-refractivity contribution in [3.63, 3.8) is 0 Å². The fourth-order valence-corrected chi connectivity index (χ4v) is 3.76. The molecule has 0 bridgehead atoms. The standard InChI is InChI=1S/C12H15NOS2/c1-2-10-12(15-8-7-14)13-9-5-3-4-6-11(9)16-10/h3-6,10,14H,2,7-8H2,1H3. The second-order valence-corrected chi connectivity index (χ2v) is 5.86. The number of thioether (sulfide) groups is 2. The summed E-state index contributed by atoms with van der Waals surface area (Å²) >= 11 is 3.56. The van der Waals surface area contributed by atoms with Gasteiger partial charge in [-0.25, -0.2) is 4.99 Å². The highest BCUT2D eigenvalue weighted by Crippen LogP contribution is 2.40. The van der Waals surface area contributed by atoms with E-state index >= 15 is 0 Å². The van der Waals surface area contributed by atoms with Gasteiger partial charge in [-0.3, -0.25) is 0 Å². The molecule has 1 aliphatic rings. The Labute approximate surface area is 105 Å². The van der Waals surface area contributed by atoms with E-state index in [0.29, 0.717) is 5.25 Å². The van der Waals surface area contributed by atoms with Gasteiger partial charge in [-0.2, -0.15) is 0 Å². The van der Waals surface area contributed by atoms with Gasteiger partial charge in [0.05, 0.1) is 22.6 Å². The summed E-state index contributed by atoms with van der Waals surface area (Å²) in [7, 11) is 0. The van der Waals surface area contributed by atoms with Gasteiger partial charge in [-0.15, -0.1) is 23.5 Å². The van der Waals surface area contributed by atoms with Crippen molar-refractivity contribution in [1.82, 2.24) is 0 Å². The molecule has 86 valence electrons. The summed E-state index contributed by atoms with van der Waals surface area (Å²) in [6.45, 7) is 2.40. The lowest BCUT2D eigenvalue weighted by molar-refractivity contribution is 0.323. The molecule has 0 spiro atoms. The fraction of sp³-hybridized carbons (Fsp3) is 0.417. The van der Waals surface area contributed by atoms with Crippen LogP contribution in [0.4, 0.5) is 5.69 Å². The first-order chi connectivity index (χ1) is 7.85. The molecule has 0 saturated heterocycles. The molecular weight excluding hydrogens is 238 g/mol. The SMILES string of the molecule is CCC1Sc2ccccc2N=C1SCCO. The molecule has 0 radical (unpaired) electrons. The first-order valence-electron chi connectivity index (χ1n) is 5.43. The van der Waals surface area contributed by atoms with Crippen LogP contribution in [0.25, 0.3) is 0 Å². The minimum Gasteiger partial charge on any atom is -0.396 e. The number of aliphatic hydroxyl groups is 1. The van der Waals surface area contributed by atoms with Crippen LogP contribution in [0.1, 0.15) is 13.3 Å². The minimum absolute atomic E-state index is 0.215. The van der Waals surface area contributed by atoms with E-state index in [2.05, 4.69) is 24.0 Å². The van der Waals surface area contributed by atoms with Crippen molar-refractivity contribution in [2.75, 3.05) is 12.4 Å². The third-order valence-corrected chi connectivity index (χ3v) is 5.00. The van der Waals surface area contributed by atoms with Crippen LogP contribution in [0.5, 0.6) is 0 Å². The molecule has 1 aromatic rings. The van der Waals surface area contributed by atoms with Crippen molar-refractivity contribution in [2.45, 2.75) is 23.5 Å². The van der Waals surface area contributed by atoms with Crippen LogP contribution >= 0.6 is 23.5 Å². The summed E-state index contributed by atoms with van der Waals surface area (Å²) in [5.41, 5.74) is 1.07. The largest absolute Gasteiger partial charge is 0.396 e. The summed E-state index contributed by atoms with van der Waals surface area (Å²) in [5.74, 6) is 0.734. The van der Waals surface area contributed by atoms with E-state index in [9.17, 15) is 0 Å². The van der Waals surface area contributed by atoms with Crippen molar-refractivity contribution in [3.8, 4) is 0 Å². The summed E-state index contributed by atoms with van der Waals surface area (Å²) in [4.78, 5) is 5.95. The normalized spacial score (nSPS) is 19.1. The van der Waals surface area contributed by atoms with Crippen LogP contribution in [0.2, 0.25) is 0 Å². The maximum atomic E-state index is 8.87. The average Bonchev–Trinajstić information content (AvgIpc) is 2.35. The van der Waals surface area contributed by atoms with Crippen molar-refractivity contribution < 1.29 is 5.11 Å². The van der Waals surface area contributed by atoms with Gasteiger partial charge < -0.3 is 5.11 Å². The van der Waals surface area contributed by atoms with Gasteiger partial charge in [0.15, 0.2) is 0 Å². The molecule has 1 heterocycles. The summed E-state index contributed by atoms with van der Waals surface area (Å²) in [5, 5.41) is 10.5. The van der Waals surface area contributed by atoms with Gasteiger partial charge in [0.1, 0.15) is 0 Å². The Morgan fingerprint density at radius 3 is 3.00 bits per heavy atom. The molecule has 1 unspecified atom stereocenters. The molecule has 1 aromatic carbocycles.